The number of carbonyl (C=O) groups is 1. The topological polar surface area (TPSA) is 116 Å². The molecule has 0 atom stereocenters. The first-order chi connectivity index (χ1) is 11.3. The molecule has 0 bridgehead atoms. The van der Waals surface area contributed by atoms with Crippen molar-refractivity contribution in [1.82, 2.24) is 4.98 Å². The van der Waals surface area contributed by atoms with Gasteiger partial charge in [0.2, 0.25) is 5.71 Å². The summed E-state index contributed by atoms with van der Waals surface area (Å²) in [6.07, 6.45) is 3.27. The molecule has 0 saturated heterocycles. The van der Waals surface area contributed by atoms with Crippen molar-refractivity contribution in [2.75, 3.05) is 12.8 Å². The first kappa shape index (κ1) is 16.2. The lowest BCUT2D eigenvalue weighted by Gasteiger charge is -2.16. The molecule has 0 unspecified atom stereocenters. The normalized spacial score (nSPS) is 16.3. The molecule has 1 heterocycles. The van der Waals surface area contributed by atoms with Crippen molar-refractivity contribution in [3.8, 4) is 0 Å². The van der Waals surface area contributed by atoms with E-state index in [2.05, 4.69) is 4.98 Å². The molecule has 1 aliphatic carbocycles. The third-order valence-electron chi connectivity index (χ3n) is 3.87. The first-order valence-corrected chi connectivity index (χ1v) is 8.58. The van der Waals surface area contributed by atoms with Crippen LogP contribution in [0.3, 0.4) is 0 Å². The van der Waals surface area contributed by atoms with Crippen LogP contribution >= 0.6 is 0 Å². The van der Waals surface area contributed by atoms with Gasteiger partial charge in [-0.3, -0.25) is 4.55 Å². The zero-order valence-electron chi connectivity index (χ0n) is 12.9. The summed E-state index contributed by atoms with van der Waals surface area (Å²) in [5, 5.41) is 0. The molecule has 1 amide bonds. The summed E-state index contributed by atoms with van der Waals surface area (Å²) in [5.41, 5.74) is 8.07. The van der Waals surface area contributed by atoms with E-state index in [0.29, 0.717) is 23.4 Å². The summed E-state index contributed by atoms with van der Waals surface area (Å²) in [4.78, 5) is 15.1. The number of nitrogen functional groups attached to an aromatic ring is 1. The zero-order chi connectivity index (χ0) is 17.5. The SMILES string of the molecule is C[N+](C(=O)c1ccc[nH]1)=C1C(S(=O)(=O)O)=CCc2cc(N)ccc21. The summed E-state index contributed by atoms with van der Waals surface area (Å²) in [7, 11) is -3.03. The number of hydrogen-bond donors (Lipinski definition) is 3. The number of aromatic nitrogens is 1. The van der Waals surface area contributed by atoms with Crippen LogP contribution in [-0.4, -0.2) is 41.2 Å². The van der Waals surface area contributed by atoms with Crippen LogP contribution in [0.5, 0.6) is 0 Å². The van der Waals surface area contributed by atoms with Gasteiger partial charge in [0.25, 0.3) is 0 Å². The lowest BCUT2D eigenvalue weighted by atomic mass is 9.94. The van der Waals surface area contributed by atoms with Crippen molar-refractivity contribution in [1.29, 1.82) is 0 Å². The van der Waals surface area contributed by atoms with E-state index in [1.165, 1.54) is 17.7 Å². The van der Waals surface area contributed by atoms with E-state index in [1.54, 1.807) is 36.5 Å². The van der Waals surface area contributed by atoms with Crippen LogP contribution in [-0.2, 0) is 16.5 Å². The summed E-state index contributed by atoms with van der Waals surface area (Å²) < 4.78 is 34.3. The van der Waals surface area contributed by atoms with Gasteiger partial charge in [-0.05, 0) is 42.3 Å². The van der Waals surface area contributed by atoms with Gasteiger partial charge in [0.15, 0.2) is 10.6 Å². The van der Waals surface area contributed by atoms with Gasteiger partial charge < -0.3 is 10.7 Å². The second-order valence-electron chi connectivity index (χ2n) is 5.46. The monoisotopic (exact) mass is 346 g/mol. The van der Waals surface area contributed by atoms with E-state index in [1.807, 2.05) is 0 Å². The minimum Gasteiger partial charge on any atom is -0.399 e. The number of nitrogens with two attached hydrogens (primary N) is 1. The number of aromatic amines is 1. The van der Waals surface area contributed by atoms with Crippen LogP contribution in [0.1, 0.15) is 21.6 Å². The Hall–Kier alpha value is -2.71. The van der Waals surface area contributed by atoms with Crippen molar-refractivity contribution < 1.29 is 22.3 Å². The molecule has 7 nitrogen and oxygen atoms in total. The molecule has 0 aliphatic heterocycles. The number of nitrogens with one attached hydrogen (secondary N) is 1. The van der Waals surface area contributed by atoms with Crippen molar-refractivity contribution >= 4 is 27.4 Å². The van der Waals surface area contributed by atoms with Gasteiger partial charge in [-0.1, -0.05) is 6.08 Å². The number of amides is 1. The van der Waals surface area contributed by atoms with Crippen LogP contribution in [0.25, 0.3) is 0 Å². The maximum atomic E-state index is 12.6. The van der Waals surface area contributed by atoms with Crippen molar-refractivity contribution in [2.45, 2.75) is 6.42 Å². The predicted molar refractivity (Wildman–Crippen MR) is 89.6 cm³/mol. The molecule has 1 aromatic carbocycles. The van der Waals surface area contributed by atoms with Crippen LogP contribution in [0, 0.1) is 0 Å². The number of anilines is 1. The number of fused-ring (bicyclic) bond motifs is 1. The molecular formula is C16H16N3O4S+. The Bertz CT molecular complexity index is 986. The smallest absolute Gasteiger partial charge is 0.399 e. The molecule has 0 fully saturated rings. The number of allylic oxidation sites excluding steroid dienone is 2. The highest BCUT2D eigenvalue weighted by atomic mass is 32.2. The molecule has 8 heteroatoms. The molecular weight excluding hydrogens is 330 g/mol. The van der Waals surface area contributed by atoms with Crippen LogP contribution in [0.4, 0.5) is 5.69 Å². The van der Waals surface area contributed by atoms with E-state index in [4.69, 9.17) is 5.73 Å². The molecule has 0 saturated carbocycles. The molecule has 0 radical (unpaired) electrons. The second-order valence-corrected chi connectivity index (χ2v) is 6.85. The third-order valence-corrected chi connectivity index (χ3v) is 4.79. The van der Waals surface area contributed by atoms with Crippen molar-refractivity contribution in [2.24, 2.45) is 0 Å². The Morgan fingerprint density at radius 2 is 2.08 bits per heavy atom. The summed E-state index contributed by atoms with van der Waals surface area (Å²) in [5.74, 6) is -0.422. The summed E-state index contributed by atoms with van der Waals surface area (Å²) in [6.45, 7) is 0. The number of H-pyrrole nitrogens is 1. The predicted octanol–water partition coefficient (Wildman–Crippen LogP) is 1.20. The van der Waals surface area contributed by atoms with E-state index in [-0.39, 0.29) is 10.6 Å². The quantitative estimate of drug-likeness (QED) is 0.429. The van der Waals surface area contributed by atoms with Gasteiger partial charge in [0.1, 0.15) is 7.05 Å². The molecule has 3 rings (SSSR count). The number of hydrogen-bond acceptors (Lipinski definition) is 4. The standard InChI is InChI=1S/C16H15N3O4S/c1-19(16(20)13-3-2-8-18-13)15-12-6-5-11(17)9-10(12)4-7-14(15)24(21,22)23/h2-3,5-9,17H,4H2,1H3,(H2,18,20,21,22,23)/p+1. The Kier molecular flexibility index (Phi) is 3.86. The average Bonchev–Trinajstić information content (AvgIpc) is 3.05. The summed E-state index contributed by atoms with van der Waals surface area (Å²) >= 11 is 0. The van der Waals surface area contributed by atoms with Gasteiger partial charge in [-0.2, -0.15) is 13.0 Å². The molecule has 0 spiro atoms. The average molecular weight is 346 g/mol. The lowest BCUT2D eigenvalue weighted by molar-refractivity contribution is -0.393. The van der Waals surface area contributed by atoms with Crippen LogP contribution in [0.2, 0.25) is 0 Å². The van der Waals surface area contributed by atoms with E-state index in [0.717, 1.165) is 5.56 Å². The molecule has 1 aliphatic rings. The highest BCUT2D eigenvalue weighted by Crippen LogP contribution is 2.26. The van der Waals surface area contributed by atoms with Gasteiger partial charge in [0, 0.05) is 11.9 Å². The van der Waals surface area contributed by atoms with Crippen LogP contribution in [0.15, 0.2) is 47.5 Å². The van der Waals surface area contributed by atoms with Crippen molar-refractivity contribution in [3.63, 3.8) is 0 Å². The Morgan fingerprint density at radius 3 is 2.71 bits per heavy atom. The molecule has 1 aromatic heterocycles. The molecule has 24 heavy (non-hydrogen) atoms. The molecule has 4 N–H and O–H groups in total. The highest BCUT2D eigenvalue weighted by Gasteiger charge is 2.36. The number of benzene rings is 1. The first-order valence-electron chi connectivity index (χ1n) is 7.14. The third kappa shape index (κ3) is 2.77. The van der Waals surface area contributed by atoms with Gasteiger partial charge in [-0.15, -0.1) is 0 Å². The fourth-order valence-electron chi connectivity index (χ4n) is 2.76. The van der Waals surface area contributed by atoms with E-state index < -0.39 is 16.0 Å². The van der Waals surface area contributed by atoms with Crippen molar-refractivity contribution in [3.05, 3.63) is 64.3 Å². The maximum Gasteiger partial charge on any atom is 0.436 e. The largest absolute Gasteiger partial charge is 0.436 e. The lowest BCUT2D eigenvalue weighted by Crippen LogP contribution is -2.32. The van der Waals surface area contributed by atoms with Gasteiger partial charge in [0.05, 0.1) is 5.56 Å². The molecule has 2 aromatic rings. The highest BCUT2D eigenvalue weighted by molar-refractivity contribution is 7.90. The second kappa shape index (κ2) is 5.73. The number of rotatable bonds is 2. The molecule has 124 valence electrons. The Balaban J connectivity index is 2.27. The van der Waals surface area contributed by atoms with Crippen LogP contribution < -0.4 is 5.73 Å². The van der Waals surface area contributed by atoms with E-state index >= 15 is 0 Å². The van der Waals surface area contributed by atoms with E-state index in [9.17, 15) is 17.8 Å². The van der Waals surface area contributed by atoms with Gasteiger partial charge in [-0.25, -0.2) is 4.79 Å². The number of carbonyl (C=O) groups excluding carboxylic acids is 1. The fraction of sp³-hybridized carbons (Fsp3) is 0.125. The Labute approximate surface area is 138 Å². The zero-order valence-corrected chi connectivity index (χ0v) is 13.7. The fourth-order valence-corrected chi connectivity index (χ4v) is 3.55. The van der Waals surface area contributed by atoms with Gasteiger partial charge >= 0.3 is 16.0 Å². The minimum absolute atomic E-state index is 0.123. The number of nitrogens with zero attached hydrogens (tertiary/aromatic N) is 1. The summed E-state index contributed by atoms with van der Waals surface area (Å²) in [6, 6.07) is 8.25. The maximum absolute atomic E-state index is 12.6. The minimum atomic E-state index is -4.49. The Morgan fingerprint density at radius 1 is 1.33 bits per heavy atom.